The first-order valence-corrected chi connectivity index (χ1v) is 8.89. The zero-order chi connectivity index (χ0) is 19.3. The summed E-state index contributed by atoms with van der Waals surface area (Å²) in [6.45, 7) is 0.502. The summed E-state index contributed by atoms with van der Waals surface area (Å²) < 4.78 is 17.6. The smallest absolute Gasteiger partial charge is 0.308 e. The Hall–Kier alpha value is -3.61. The molecule has 7 nitrogen and oxygen atoms in total. The van der Waals surface area contributed by atoms with E-state index in [0.717, 1.165) is 22.2 Å². The van der Waals surface area contributed by atoms with Crippen LogP contribution in [0.1, 0.15) is 12.3 Å². The standard InChI is InChI=1S/C21H19N3O4/c1-26-17-8-6-16(7-9-17)21-22-19(28-23-21)14-27-20(25)11-13-24-12-10-15-4-2-3-5-18(15)24/h2-10,12H,11,13-14H2,1H3. The molecule has 2 aromatic carbocycles. The molecule has 2 heterocycles. The first kappa shape index (κ1) is 17.8. The van der Waals surface area contributed by atoms with Gasteiger partial charge in [0.2, 0.25) is 5.82 Å². The fraction of sp³-hybridized carbons (Fsp3) is 0.190. The molecule has 0 spiro atoms. The second-order valence-corrected chi connectivity index (χ2v) is 6.22. The molecule has 0 aliphatic rings. The van der Waals surface area contributed by atoms with Gasteiger partial charge in [-0.3, -0.25) is 4.79 Å². The van der Waals surface area contributed by atoms with Crippen molar-refractivity contribution in [3.63, 3.8) is 0 Å². The van der Waals surface area contributed by atoms with Crippen LogP contribution in [0, 0.1) is 0 Å². The number of aromatic nitrogens is 3. The van der Waals surface area contributed by atoms with E-state index < -0.39 is 0 Å². The lowest BCUT2D eigenvalue weighted by atomic mass is 10.2. The van der Waals surface area contributed by atoms with E-state index in [1.54, 1.807) is 7.11 Å². The van der Waals surface area contributed by atoms with Crippen molar-refractivity contribution in [2.24, 2.45) is 0 Å². The number of nitrogens with zero attached hydrogens (tertiary/aromatic N) is 3. The van der Waals surface area contributed by atoms with Gasteiger partial charge in [0.25, 0.3) is 5.89 Å². The second kappa shape index (κ2) is 7.96. The third-order valence-electron chi connectivity index (χ3n) is 4.41. The van der Waals surface area contributed by atoms with Crippen molar-refractivity contribution in [3.05, 3.63) is 66.7 Å². The molecule has 28 heavy (non-hydrogen) atoms. The van der Waals surface area contributed by atoms with Gasteiger partial charge in [-0.2, -0.15) is 4.98 Å². The van der Waals surface area contributed by atoms with E-state index in [0.29, 0.717) is 12.4 Å². The lowest BCUT2D eigenvalue weighted by Crippen LogP contribution is -2.09. The molecule has 0 aliphatic carbocycles. The average molecular weight is 377 g/mol. The number of hydrogen-bond donors (Lipinski definition) is 0. The highest BCUT2D eigenvalue weighted by atomic mass is 16.6. The molecule has 0 aliphatic heterocycles. The highest BCUT2D eigenvalue weighted by Crippen LogP contribution is 2.20. The fourth-order valence-electron chi connectivity index (χ4n) is 2.93. The monoisotopic (exact) mass is 377 g/mol. The number of carbonyl (C=O) groups excluding carboxylic acids is 1. The maximum absolute atomic E-state index is 12.1. The van der Waals surface area contributed by atoms with Crippen molar-refractivity contribution in [2.75, 3.05) is 7.11 Å². The van der Waals surface area contributed by atoms with E-state index in [9.17, 15) is 4.79 Å². The van der Waals surface area contributed by atoms with E-state index in [4.69, 9.17) is 14.0 Å². The number of rotatable bonds is 7. The van der Waals surface area contributed by atoms with Crippen molar-refractivity contribution in [2.45, 2.75) is 19.6 Å². The molecule has 0 amide bonds. The molecule has 0 radical (unpaired) electrons. The van der Waals surface area contributed by atoms with Gasteiger partial charge in [-0.15, -0.1) is 0 Å². The summed E-state index contributed by atoms with van der Waals surface area (Å²) >= 11 is 0. The molecule has 0 unspecified atom stereocenters. The molecule has 142 valence electrons. The lowest BCUT2D eigenvalue weighted by molar-refractivity contribution is -0.146. The van der Waals surface area contributed by atoms with Crippen molar-refractivity contribution >= 4 is 16.9 Å². The van der Waals surface area contributed by atoms with Gasteiger partial charge in [0.15, 0.2) is 6.61 Å². The maximum Gasteiger partial charge on any atom is 0.308 e. The molecular weight excluding hydrogens is 358 g/mol. The first-order chi connectivity index (χ1) is 13.7. The van der Waals surface area contributed by atoms with Crippen LogP contribution in [-0.2, 0) is 22.7 Å². The van der Waals surface area contributed by atoms with Crippen LogP contribution in [0.3, 0.4) is 0 Å². The number of esters is 1. The van der Waals surface area contributed by atoms with Crippen LogP contribution < -0.4 is 4.74 Å². The Balaban J connectivity index is 1.30. The van der Waals surface area contributed by atoms with E-state index in [-0.39, 0.29) is 24.9 Å². The predicted octanol–water partition coefficient (Wildman–Crippen LogP) is 3.83. The highest BCUT2D eigenvalue weighted by molar-refractivity contribution is 5.80. The summed E-state index contributed by atoms with van der Waals surface area (Å²) in [5, 5.41) is 5.06. The zero-order valence-corrected chi connectivity index (χ0v) is 15.4. The molecule has 0 N–H and O–H groups in total. The fourth-order valence-corrected chi connectivity index (χ4v) is 2.93. The maximum atomic E-state index is 12.1. The molecule has 4 aromatic rings. The SMILES string of the molecule is COc1ccc(-c2noc(COC(=O)CCn3ccc4ccccc43)n2)cc1. The van der Waals surface area contributed by atoms with Crippen molar-refractivity contribution in [1.29, 1.82) is 0 Å². The largest absolute Gasteiger partial charge is 0.497 e. The minimum atomic E-state index is -0.318. The molecule has 4 rings (SSSR count). The molecule has 2 aromatic heterocycles. The number of fused-ring (bicyclic) bond motifs is 1. The molecule has 0 atom stereocenters. The van der Waals surface area contributed by atoms with Crippen LogP contribution in [0.4, 0.5) is 0 Å². The van der Waals surface area contributed by atoms with E-state index >= 15 is 0 Å². The van der Waals surface area contributed by atoms with Gasteiger partial charge in [0.1, 0.15) is 5.75 Å². The Morgan fingerprint density at radius 2 is 1.93 bits per heavy atom. The minimum Gasteiger partial charge on any atom is -0.497 e. The van der Waals surface area contributed by atoms with Gasteiger partial charge in [-0.25, -0.2) is 0 Å². The molecule has 7 heteroatoms. The Labute approximate surface area is 161 Å². The third-order valence-corrected chi connectivity index (χ3v) is 4.41. The van der Waals surface area contributed by atoms with Crippen molar-refractivity contribution in [3.8, 4) is 17.1 Å². The average Bonchev–Trinajstić information content (AvgIpc) is 3.38. The summed E-state index contributed by atoms with van der Waals surface area (Å²) in [6, 6.07) is 17.4. The van der Waals surface area contributed by atoms with Gasteiger partial charge >= 0.3 is 5.97 Å². The normalized spacial score (nSPS) is 10.9. The summed E-state index contributed by atoms with van der Waals surface area (Å²) in [4.78, 5) is 16.3. The number of aryl methyl sites for hydroxylation is 1. The number of methoxy groups -OCH3 is 1. The van der Waals surface area contributed by atoms with Crippen LogP contribution in [0.25, 0.3) is 22.3 Å². The highest BCUT2D eigenvalue weighted by Gasteiger charge is 2.12. The van der Waals surface area contributed by atoms with Gasteiger partial charge in [-0.1, -0.05) is 23.4 Å². The summed E-state index contributed by atoms with van der Waals surface area (Å²) in [5.74, 6) is 1.12. The lowest BCUT2D eigenvalue weighted by Gasteiger charge is -2.05. The predicted molar refractivity (Wildman–Crippen MR) is 103 cm³/mol. The van der Waals surface area contributed by atoms with Crippen LogP contribution in [0.5, 0.6) is 5.75 Å². The number of hydrogen-bond acceptors (Lipinski definition) is 6. The first-order valence-electron chi connectivity index (χ1n) is 8.89. The van der Waals surface area contributed by atoms with Crippen LogP contribution in [0.2, 0.25) is 0 Å². The Morgan fingerprint density at radius 3 is 2.75 bits per heavy atom. The Bertz CT molecular complexity index is 1080. The van der Waals surface area contributed by atoms with Crippen molar-refractivity contribution in [1.82, 2.24) is 14.7 Å². The number of benzene rings is 2. The van der Waals surface area contributed by atoms with Gasteiger partial charge in [0.05, 0.1) is 13.5 Å². The van der Waals surface area contributed by atoms with E-state index in [1.807, 2.05) is 65.4 Å². The van der Waals surface area contributed by atoms with E-state index in [2.05, 4.69) is 10.1 Å². The zero-order valence-electron chi connectivity index (χ0n) is 15.4. The summed E-state index contributed by atoms with van der Waals surface area (Å²) in [5.41, 5.74) is 1.89. The number of para-hydroxylation sites is 1. The molecule has 0 saturated heterocycles. The molecule has 0 saturated carbocycles. The number of carbonyl (C=O) groups is 1. The third kappa shape index (κ3) is 3.88. The summed E-state index contributed by atoms with van der Waals surface area (Å²) in [7, 11) is 1.61. The Morgan fingerprint density at radius 1 is 1.11 bits per heavy atom. The topological polar surface area (TPSA) is 79.4 Å². The summed E-state index contributed by atoms with van der Waals surface area (Å²) in [6.07, 6.45) is 2.23. The van der Waals surface area contributed by atoms with Crippen molar-refractivity contribution < 1.29 is 18.8 Å². The minimum absolute atomic E-state index is 0.0472. The van der Waals surface area contributed by atoms with Crippen LogP contribution >= 0.6 is 0 Å². The molecular formula is C21H19N3O4. The van der Waals surface area contributed by atoms with Gasteiger partial charge in [-0.05, 0) is 41.8 Å². The van der Waals surface area contributed by atoms with Gasteiger partial charge in [0, 0.05) is 23.8 Å². The van der Waals surface area contributed by atoms with Gasteiger partial charge < -0.3 is 18.6 Å². The quantitative estimate of drug-likeness (QED) is 0.455. The van der Waals surface area contributed by atoms with E-state index in [1.165, 1.54) is 0 Å². The van der Waals surface area contributed by atoms with Crippen LogP contribution in [-0.4, -0.2) is 27.8 Å². The van der Waals surface area contributed by atoms with Crippen LogP contribution in [0.15, 0.2) is 65.3 Å². The number of ether oxygens (including phenoxy) is 2. The Kier molecular flexibility index (Phi) is 5.05. The second-order valence-electron chi connectivity index (χ2n) is 6.22. The molecule has 0 bridgehead atoms. The molecule has 0 fully saturated rings.